The Balaban J connectivity index is 0.00000361. The molecule has 196 valence electrons. The van der Waals surface area contributed by atoms with Crippen molar-refractivity contribution in [1.29, 1.82) is 0 Å². The minimum absolute atomic E-state index is 0. The standard InChI is InChI=1S/C26H39NO7S.Na/c1-15(4-7-23(31)27-10-11-35(32,33)34)18-5-6-19-24-20(14-22(30)26(18,19)3)25(2)9-8-17(28)12-16(25)13-21(24)29;/h15-16,18-20,24H,4-14H2,1-3H3,(H,27,31)(H,32,33,34);/q;+1/p-1/t15-,16?,18-,19+,20+,24+,25+,26+;/m1./s1. The van der Waals surface area contributed by atoms with Gasteiger partial charge in [-0.15, -0.1) is 0 Å². The van der Waals surface area contributed by atoms with Gasteiger partial charge in [-0.25, -0.2) is 8.42 Å². The van der Waals surface area contributed by atoms with Crippen molar-refractivity contribution in [2.45, 2.75) is 78.6 Å². The molecule has 0 radical (unpaired) electrons. The van der Waals surface area contributed by atoms with Crippen LogP contribution in [0.1, 0.15) is 78.6 Å². The molecular formula is C26H38NNaO7S. The molecule has 4 aliphatic rings. The van der Waals surface area contributed by atoms with Crippen LogP contribution in [-0.4, -0.2) is 48.5 Å². The van der Waals surface area contributed by atoms with Gasteiger partial charge in [-0.1, -0.05) is 20.8 Å². The van der Waals surface area contributed by atoms with Gasteiger partial charge >= 0.3 is 29.6 Å². The average molecular weight is 532 g/mol. The largest absolute Gasteiger partial charge is 1.00 e. The van der Waals surface area contributed by atoms with Gasteiger partial charge in [0.15, 0.2) is 0 Å². The molecule has 0 aliphatic heterocycles. The van der Waals surface area contributed by atoms with Gasteiger partial charge in [0, 0.05) is 50.0 Å². The number of rotatable bonds is 7. The normalized spacial score (nSPS) is 38.9. The fourth-order valence-electron chi connectivity index (χ4n) is 8.35. The molecule has 0 bridgehead atoms. The minimum Gasteiger partial charge on any atom is -0.748 e. The van der Waals surface area contributed by atoms with Gasteiger partial charge in [-0.05, 0) is 60.7 Å². The molecule has 1 N–H and O–H groups in total. The first-order valence-corrected chi connectivity index (χ1v) is 14.6. The number of hydrogen-bond acceptors (Lipinski definition) is 7. The van der Waals surface area contributed by atoms with Crippen molar-refractivity contribution in [3.8, 4) is 0 Å². The van der Waals surface area contributed by atoms with Gasteiger partial charge in [0.25, 0.3) is 0 Å². The topological polar surface area (TPSA) is 138 Å². The predicted molar refractivity (Wildman–Crippen MR) is 127 cm³/mol. The molecule has 1 unspecified atom stereocenters. The summed E-state index contributed by atoms with van der Waals surface area (Å²) in [7, 11) is -4.37. The first-order chi connectivity index (χ1) is 16.3. The van der Waals surface area contributed by atoms with E-state index in [0.29, 0.717) is 32.1 Å². The second-order valence-corrected chi connectivity index (χ2v) is 13.6. The van der Waals surface area contributed by atoms with E-state index in [1.165, 1.54) is 0 Å². The van der Waals surface area contributed by atoms with Crippen molar-refractivity contribution in [3.05, 3.63) is 0 Å². The van der Waals surface area contributed by atoms with Gasteiger partial charge < -0.3 is 9.87 Å². The fraction of sp³-hybridized carbons (Fsp3) is 0.846. The molecule has 4 fully saturated rings. The number of hydrogen-bond donors (Lipinski definition) is 1. The van der Waals surface area contributed by atoms with E-state index in [0.717, 1.165) is 19.3 Å². The van der Waals surface area contributed by atoms with Crippen molar-refractivity contribution < 1.29 is 61.7 Å². The Bertz CT molecular complexity index is 1030. The Morgan fingerprint density at radius 3 is 2.47 bits per heavy atom. The summed E-state index contributed by atoms with van der Waals surface area (Å²) in [5.41, 5.74) is -0.722. The number of Topliss-reactive ketones (excluding diaryl/α,β-unsaturated/α-hetero) is 3. The zero-order valence-corrected chi connectivity index (χ0v) is 24.8. The molecular weight excluding hydrogens is 493 g/mol. The molecule has 0 aromatic heterocycles. The van der Waals surface area contributed by atoms with E-state index in [1.807, 2.05) is 6.92 Å². The molecule has 8 nitrogen and oxygen atoms in total. The molecule has 1 amide bonds. The zero-order chi connectivity index (χ0) is 25.8. The fourth-order valence-corrected chi connectivity index (χ4v) is 8.71. The van der Waals surface area contributed by atoms with E-state index in [-0.39, 0.29) is 107 Å². The van der Waals surface area contributed by atoms with Crippen molar-refractivity contribution >= 4 is 33.4 Å². The van der Waals surface area contributed by atoms with Crippen LogP contribution >= 0.6 is 0 Å². The molecule has 4 saturated carbocycles. The Labute approximate surface area is 236 Å². The van der Waals surface area contributed by atoms with Crippen LogP contribution in [0.2, 0.25) is 0 Å². The first-order valence-electron chi connectivity index (χ1n) is 13.1. The minimum atomic E-state index is -4.37. The van der Waals surface area contributed by atoms with E-state index < -0.39 is 21.3 Å². The van der Waals surface area contributed by atoms with Crippen LogP contribution in [0.25, 0.3) is 0 Å². The van der Waals surface area contributed by atoms with Crippen LogP contribution in [0.3, 0.4) is 0 Å². The Morgan fingerprint density at radius 2 is 1.81 bits per heavy atom. The predicted octanol–water partition coefficient (Wildman–Crippen LogP) is -0.346. The molecule has 36 heavy (non-hydrogen) atoms. The average Bonchev–Trinajstić information content (AvgIpc) is 3.12. The molecule has 0 spiro atoms. The first kappa shape index (κ1) is 29.9. The van der Waals surface area contributed by atoms with Crippen molar-refractivity contribution in [3.63, 3.8) is 0 Å². The summed E-state index contributed by atoms with van der Waals surface area (Å²) >= 11 is 0. The Hall–Kier alpha value is -0.610. The number of fused-ring (bicyclic) bond motifs is 5. The van der Waals surface area contributed by atoms with Gasteiger partial charge in [0.1, 0.15) is 17.3 Å². The Morgan fingerprint density at radius 1 is 1.11 bits per heavy atom. The van der Waals surface area contributed by atoms with Crippen molar-refractivity contribution in [1.82, 2.24) is 5.32 Å². The van der Waals surface area contributed by atoms with E-state index in [4.69, 9.17) is 0 Å². The number of nitrogens with one attached hydrogen (secondary N) is 1. The summed E-state index contributed by atoms with van der Waals surface area (Å²) in [6, 6.07) is 0. The summed E-state index contributed by atoms with van der Waals surface area (Å²) in [5, 5.41) is 2.48. The summed E-state index contributed by atoms with van der Waals surface area (Å²) in [6.07, 6.45) is 5.06. The SMILES string of the molecule is C[C@H](CCC(=O)NCCS(=O)(=O)[O-])[C@H]1CC[C@H]2[C@@H]3C(=O)CC4CC(=O)CC[C@]4(C)[C@H]3CC(=O)[C@@]12C.[Na+]. The summed E-state index contributed by atoms with van der Waals surface area (Å²) in [4.78, 5) is 51.5. The molecule has 10 heteroatoms. The molecule has 0 heterocycles. The number of carbonyl (C=O) groups excluding carboxylic acids is 4. The molecule has 0 saturated heterocycles. The summed E-state index contributed by atoms with van der Waals surface area (Å²) in [5.74, 6) is -0.0899. The van der Waals surface area contributed by atoms with Crippen LogP contribution in [0.5, 0.6) is 0 Å². The molecule has 4 aliphatic carbocycles. The van der Waals surface area contributed by atoms with Crippen LogP contribution in [0, 0.1) is 46.3 Å². The van der Waals surface area contributed by atoms with E-state index in [2.05, 4.69) is 19.2 Å². The maximum Gasteiger partial charge on any atom is 1.00 e. The number of ketones is 3. The van der Waals surface area contributed by atoms with Gasteiger partial charge in [-0.3, -0.25) is 19.2 Å². The van der Waals surface area contributed by atoms with Gasteiger partial charge in [-0.2, -0.15) is 0 Å². The quantitative estimate of drug-likeness (QED) is 0.350. The van der Waals surface area contributed by atoms with Crippen LogP contribution in [0.4, 0.5) is 0 Å². The second kappa shape index (κ2) is 10.9. The molecule has 4 rings (SSSR count). The third kappa shape index (κ3) is 5.42. The third-order valence-corrected chi connectivity index (χ3v) is 11.1. The summed E-state index contributed by atoms with van der Waals surface area (Å²) < 4.78 is 32.1. The zero-order valence-electron chi connectivity index (χ0n) is 22.0. The maximum atomic E-state index is 13.8. The molecule has 0 aromatic rings. The third-order valence-electron chi connectivity index (χ3n) is 10.4. The number of carbonyl (C=O) groups is 4. The summed E-state index contributed by atoms with van der Waals surface area (Å²) in [6.45, 7) is 6.10. The van der Waals surface area contributed by atoms with Crippen molar-refractivity contribution in [2.24, 2.45) is 46.3 Å². The van der Waals surface area contributed by atoms with Gasteiger partial charge in [0.05, 0.1) is 15.9 Å². The van der Waals surface area contributed by atoms with E-state index in [9.17, 15) is 32.1 Å². The molecule has 0 aromatic carbocycles. The van der Waals surface area contributed by atoms with Crippen LogP contribution in [0.15, 0.2) is 0 Å². The Kier molecular flexibility index (Phi) is 9.04. The molecule has 8 atom stereocenters. The number of amides is 1. The van der Waals surface area contributed by atoms with Crippen LogP contribution in [-0.2, 0) is 29.3 Å². The monoisotopic (exact) mass is 531 g/mol. The second-order valence-electron chi connectivity index (χ2n) is 12.1. The smallest absolute Gasteiger partial charge is 0.748 e. The van der Waals surface area contributed by atoms with Crippen LogP contribution < -0.4 is 34.9 Å². The maximum absolute atomic E-state index is 13.8. The van der Waals surface area contributed by atoms with E-state index in [1.54, 1.807) is 0 Å². The van der Waals surface area contributed by atoms with E-state index >= 15 is 0 Å². The van der Waals surface area contributed by atoms with Crippen molar-refractivity contribution in [2.75, 3.05) is 12.3 Å². The van der Waals surface area contributed by atoms with Gasteiger partial charge in [0.2, 0.25) is 5.91 Å².